The summed E-state index contributed by atoms with van der Waals surface area (Å²) in [6.45, 7) is 5.48. The van der Waals surface area contributed by atoms with E-state index >= 15 is 0 Å². The van der Waals surface area contributed by atoms with Crippen molar-refractivity contribution in [2.75, 3.05) is 13.0 Å². The van der Waals surface area contributed by atoms with Gasteiger partial charge in [0.15, 0.2) is 0 Å². The number of benzene rings is 2. The Morgan fingerprint density at radius 2 is 1.81 bits per heavy atom. The zero-order valence-corrected chi connectivity index (χ0v) is 22.2. The van der Waals surface area contributed by atoms with Crippen molar-refractivity contribution in [3.05, 3.63) is 70.7 Å². The van der Waals surface area contributed by atoms with E-state index in [0.29, 0.717) is 5.56 Å². The van der Waals surface area contributed by atoms with Gasteiger partial charge in [0.05, 0.1) is 6.04 Å². The summed E-state index contributed by atoms with van der Waals surface area (Å²) in [4.78, 5) is 14.7. The van der Waals surface area contributed by atoms with Crippen LogP contribution in [0.4, 0.5) is 4.39 Å². The van der Waals surface area contributed by atoms with Gasteiger partial charge >= 0.3 is 0 Å². The lowest BCUT2D eigenvalue weighted by Crippen LogP contribution is -2.43. The summed E-state index contributed by atoms with van der Waals surface area (Å²) in [7, 11) is -7.02. The predicted molar refractivity (Wildman–Crippen MR) is 133 cm³/mol. The number of amides is 1. The van der Waals surface area contributed by atoms with Crippen molar-refractivity contribution in [3.8, 4) is 5.75 Å². The highest BCUT2D eigenvalue weighted by Gasteiger charge is 2.49. The molecule has 0 saturated carbocycles. The number of carbonyl (C=O) groups excluding carboxylic acids is 1. The zero-order valence-electron chi connectivity index (χ0n) is 20.5. The third-order valence-electron chi connectivity index (χ3n) is 6.01. The van der Waals surface area contributed by atoms with Gasteiger partial charge in [0.25, 0.3) is 15.9 Å². The average Bonchev–Trinajstić information content (AvgIpc) is 3.23. The Hall–Kier alpha value is -3.29. The highest BCUT2D eigenvalue weighted by Crippen LogP contribution is 2.42. The molecule has 13 heteroatoms. The van der Waals surface area contributed by atoms with Crippen LogP contribution in [-0.2, 0) is 31.4 Å². The molecule has 10 nitrogen and oxygen atoms in total. The van der Waals surface area contributed by atoms with Gasteiger partial charge in [-0.2, -0.15) is 12.8 Å². The quantitative estimate of drug-likeness (QED) is 0.538. The van der Waals surface area contributed by atoms with Gasteiger partial charge in [-0.3, -0.25) is 4.79 Å². The number of aliphatic hydroxyl groups excluding tert-OH is 1. The second-order valence-corrected chi connectivity index (χ2v) is 13.1. The number of sulfonamides is 2. The maximum Gasteiger partial charge on any atom is 0.287 e. The van der Waals surface area contributed by atoms with Crippen LogP contribution in [0, 0.1) is 11.2 Å². The second-order valence-electron chi connectivity index (χ2n) is 9.72. The monoisotopic (exact) mass is 551 g/mol. The number of carbonyl (C=O) groups is 1. The van der Waals surface area contributed by atoms with Crippen molar-refractivity contribution in [1.82, 2.24) is 9.62 Å². The number of aliphatic hydroxyl groups is 1. The molecular formula is C24H26FN3O7S2. The van der Waals surface area contributed by atoms with Crippen molar-refractivity contribution in [3.63, 3.8) is 0 Å². The molecule has 198 valence electrons. The molecule has 2 aliphatic rings. The molecular weight excluding hydrogens is 525 g/mol. The lowest BCUT2D eigenvalue weighted by molar-refractivity contribution is -0.129. The van der Waals surface area contributed by atoms with Crippen LogP contribution >= 0.6 is 0 Å². The molecule has 37 heavy (non-hydrogen) atoms. The number of hydrogen-bond acceptors (Lipinski definition) is 7. The lowest BCUT2D eigenvalue weighted by Gasteiger charge is -2.35. The van der Waals surface area contributed by atoms with E-state index < -0.39 is 54.1 Å². The molecule has 0 saturated heterocycles. The summed E-state index contributed by atoms with van der Waals surface area (Å²) in [5.74, 6) is -2.52. The average molecular weight is 552 g/mol. The van der Waals surface area contributed by atoms with Crippen LogP contribution in [0.5, 0.6) is 5.75 Å². The summed E-state index contributed by atoms with van der Waals surface area (Å²) in [5, 5.41) is 11.3. The Morgan fingerprint density at radius 3 is 2.41 bits per heavy atom. The first-order valence-electron chi connectivity index (χ1n) is 11.2. The molecule has 0 fully saturated rings. The molecule has 2 aromatic carbocycles. The van der Waals surface area contributed by atoms with E-state index in [9.17, 15) is 31.1 Å². The normalized spacial score (nSPS) is 19.3. The first-order valence-corrected chi connectivity index (χ1v) is 14.3. The van der Waals surface area contributed by atoms with E-state index in [1.807, 2.05) is 20.8 Å². The molecule has 1 amide bonds. The van der Waals surface area contributed by atoms with Gasteiger partial charge in [0, 0.05) is 12.1 Å². The summed E-state index contributed by atoms with van der Waals surface area (Å²) in [5.41, 5.74) is -0.569. The molecule has 0 radical (unpaired) electrons. The number of fused-ring (bicyclic) bond motifs is 1. The fourth-order valence-electron chi connectivity index (χ4n) is 4.38. The van der Waals surface area contributed by atoms with Gasteiger partial charge in [0.1, 0.15) is 33.5 Å². The number of halogens is 1. The number of ether oxygens (including phenoxy) is 1. The Morgan fingerprint density at radius 1 is 1.16 bits per heavy atom. The second kappa shape index (κ2) is 9.23. The van der Waals surface area contributed by atoms with Gasteiger partial charge in [0.2, 0.25) is 16.0 Å². The van der Waals surface area contributed by atoms with Crippen LogP contribution in [-0.4, -0.2) is 57.5 Å². The maximum atomic E-state index is 13.7. The summed E-state index contributed by atoms with van der Waals surface area (Å²) >= 11 is 0. The van der Waals surface area contributed by atoms with Crippen molar-refractivity contribution >= 4 is 31.7 Å². The minimum absolute atomic E-state index is 0.00514. The van der Waals surface area contributed by atoms with Crippen LogP contribution in [0.2, 0.25) is 0 Å². The van der Waals surface area contributed by atoms with E-state index in [2.05, 4.69) is 9.12 Å². The van der Waals surface area contributed by atoms with Crippen molar-refractivity contribution in [1.29, 1.82) is 0 Å². The lowest BCUT2D eigenvalue weighted by atomic mass is 9.84. The number of hydrogen-bond donors (Lipinski definition) is 2. The van der Waals surface area contributed by atoms with E-state index in [0.717, 1.165) is 0 Å². The van der Waals surface area contributed by atoms with E-state index in [-0.39, 0.29) is 34.9 Å². The van der Waals surface area contributed by atoms with Gasteiger partial charge in [-0.1, -0.05) is 45.0 Å². The van der Waals surface area contributed by atoms with Gasteiger partial charge in [-0.05, 0) is 36.2 Å². The van der Waals surface area contributed by atoms with Crippen LogP contribution in [0.3, 0.4) is 0 Å². The van der Waals surface area contributed by atoms with Gasteiger partial charge in [-0.15, -0.1) is 0 Å². The molecule has 0 aliphatic carbocycles. The highest BCUT2D eigenvalue weighted by atomic mass is 32.2. The third kappa shape index (κ3) is 4.98. The van der Waals surface area contributed by atoms with Crippen LogP contribution in [0.15, 0.2) is 63.1 Å². The Bertz CT molecular complexity index is 1540. The number of nitrogens with one attached hydrogen (secondary N) is 1. The summed E-state index contributed by atoms with van der Waals surface area (Å²) in [6.07, 6.45) is 0. The highest BCUT2D eigenvalue weighted by molar-refractivity contribution is 7.91. The van der Waals surface area contributed by atoms with Gasteiger partial charge < -0.3 is 14.7 Å². The minimum atomic E-state index is -4.39. The first kappa shape index (κ1) is 26.8. The number of rotatable bonds is 7. The Kier molecular flexibility index (Phi) is 6.67. The van der Waals surface area contributed by atoms with Crippen LogP contribution < -0.4 is 9.46 Å². The third-order valence-corrected chi connectivity index (χ3v) is 8.42. The van der Waals surface area contributed by atoms with Crippen molar-refractivity contribution in [2.45, 2.75) is 38.3 Å². The Balaban J connectivity index is 1.79. The molecule has 2 aliphatic heterocycles. The van der Waals surface area contributed by atoms with Gasteiger partial charge in [-0.25, -0.2) is 17.5 Å². The molecule has 1 atom stereocenters. The molecule has 0 aromatic heterocycles. The van der Waals surface area contributed by atoms with E-state index in [1.54, 1.807) is 0 Å². The Labute approximate surface area is 214 Å². The largest absolute Gasteiger partial charge is 0.509 e. The fourth-order valence-corrected chi connectivity index (χ4v) is 6.13. The molecule has 0 unspecified atom stereocenters. The summed E-state index contributed by atoms with van der Waals surface area (Å²) < 4.78 is 74.2. The minimum Gasteiger partial charge on any atom is -0.509 e. The van der Waals surface area contributed by atoms with E-state index in [4.69, 9.17) is 4.74 Å². The van der Waals surface area contributed by atoms with E-state index in [1.165, 1.54) is 54.4 Å². The van der Waals surface area contributed by atoms with Crippen molar-refractivity contribution in [2.24, 2.45) is 9.81 Å². The molecule has 0 spiro atoms. The smallest absolute Gasteiger partial charge is 0.287 e. The standard InChI is InChI=1S/C24H26FN3O7S2/c1-24(2,3)22-20(29)18(23(30)28(22)12-14-8-10-15(25)11-9-14)19-16-6-5-7-17(21(16)37(33,34)27-19)35-13-36(31,32)26-4/h5-11,22,26,29H,12-13H2,1-4H3/t22-/m1/s1. The predicted octanol–water partition coefficient (Wildman–Crippen LogP) is 2.47. The molecule has 2 heterocycles. The zero-order chi connectivity index (χ0) is 27.3. The topological polar surface area (TPSA) is 142 Å². The SMILES string of the molecule is CNS(=O)(=O)COc1cccc2c1S(=O)(=O)N=C2C1=C(O)[C@H](C(C)(C)C)N(Cc2ccc(F)cc2)C1=O. The first-order chi connectivity index (χ1) is 17.2. The summed E-state index contributed by atoms with van der Waals surface area (Å²) in [6, 6.07) is 8.86. The molecule has 0 bridgehead atoms. The maximum absolute atomic E-state index is 13.7. The fraction of sp³-hybridized carbons (Fsp3) is 0.333. The number of nitrogens with zero attached hydrogens (tertiary/aromatic N) is 2. The molecule has 2 N–H and O–H groups in total. The molecule has 2 aromatic rings. The molecule has 4 rings (SSSR count). The van der Waals surface area contributed by atoms with Crippen LogP contribution in [0.25, 0.3) is 0 Å². The van der Waals surface area contributed by atoms with Crippen LogP contribution in [0.1, 0.15) is 31.9 Å². The van der Waals surface area contributed by atoms with Crippen molar-refractivity contribution < 1.29 is 35.9 Å².